The second-order valence-corrected chi connectivity index (χ2v) is 7.56. The minimum atomic E-state index is -0.232. The highest BCUT2D eigenvalue weighted by Crippen LogP contribution is 2.30. The van der Waals surface area contributed by atoms with Crippen LogP contribution in [0, 0.1) is 0 Å². The van der Waals surface area contributed by atoms with Crippen molar-refractivity contribution in [1.29, 1.82) is 0 Å². The molecule has 0 spiro atoms. The van der Waals surface area contributed by atoms with Crippen molar-refractivity contribution >= 4 is 33.3 Å². The van der Waals surface area contributed by atoms with E-state index in [2.05, 4.69) is 22.2 Å². The van der Waals surface area contributed by atoms with E-state index in [1.165, 1.54) is 11.3 Å². The largest absolute Gasteiger partial charge is 0.494 e. The van der Waals surface area contributed by atoms with Crippen LogP contribution in [0.2, 0.25) is 0 Å². The van der Waals surface area contributed by atoms with Gasteiger partial charge >= 0.3 is 0 Å². The van der Waals surface area contributed by atoms with E-state index in [1.54, 1.807) is 18.3 Å². The van der Waals surface area contributed by atoms with Crippen LogP contribution in [0.1, 0.15) is 13.3 Å². The minimum Gasteiger partial charge on any atom is -0.494 e. The molecule has 30 heavy (non-hydrogen) atoms. The molecule has 152 valence electrons. The second-order valence-electron chi connectivity index (χ2n) is 6.58. The summed E-state index contributed by atoms with van der Waals surface area (Å²) in [5.74, 6) is 1.17. The molecule has 0 radical (unpaired) electrons. The van der Waals surface area contributed by atoms with Crippen LogP contribution in [0.15, 0.2) is 66.9 Å². The van der Waals surface area contributed by atoms with E-state index in [9.17, 15) is 4.79 Å². The molecule has 0 atom stereocenters. The zero-order chi connectivity index (χ0) is 20.8. The molecule has 1 N–H and O–H groups in total. The van der Waals surface area contributed by atoms with Crippen molar-refractivity contribution in [2.45, 2.75) is 13.3 Å². The van der Waals surface area contributed by atoms with E-state index >= 15 is 0 Å². The van der Waals surface area contributed by atoms with E-state index in [1.807, 2.05) is 48.5 Å². The predicted molar refractivity (Wildman–Crippen MR) is 119 cm³/mol. The lowest BCUT2D eigenvalue weighted by Gasteiger charge is -2.09. The van der Waals surface area contributed by atoms with Crippen molar-refractivity contribution < 1.29 is 14.3 Å². The number of benzene rings is 2. The van der Waals surface area contributed by atoms with Crippen LogP contribution >= 0.6 is 11.3 Å². The topological polar surface area (TPSA) is 73.3 Å². The van der Waals surface area contributed by atoms with Crippen LogP contribution in [0.25, 0.3) is 20.9 Å². The number of pyridine rings is 1. The van der Waals surface area contributed by atoms with E-state index < -0.39 is 0 Å². The molecule has 2 aromatic heterocycles. The van der Waals surface area contributed by atoms with E-state index in [4.69, 9.17) is 9.47 Å². The summed E-state index contributed by atoms with van der Waals surface area (Å²) in [5.41, 5.74) is 2.49. The lowest BCUT2D eigenvalue weighted by molar-refractivity contribution is -0.118. The fourth-order valence-corrected chi connectivity index (χ4v) is 3.73. The second kappa shape index (κ2) is 9.37. The first kappa shape index (κ1) is 19.8. The maximum absolute atomic E-state index is 12.3. The van der Waals surface area contributed by atoms with Gasteiger partial charge in [0, 0.05) is 17.4 Å². The normalized spacial score (nSPS) is 10.7. The quantitative estimate of drug-likeness (QED) is 0.427. The molecule has 4 aromatic rings. The van der Waals surface area contributed by atoms with Gasteiger partial charge < -0.3 is 14.8 Å². The fourth-order valence-electron chi connectivity index (χ4n) is 2.82. The third-order valence-corrected chi connectivity index (χ3v) is 5.25. The monoisotopic (exact) mass is 419 g/mol. The lowest BCUT2D eigenvalue weighted by atomic mass is 10.2. The number of amides is 1. The number of rotatable bonds is 8. The molecule has 2 aromatic carbocycles. The first-order valence-corrected chi connectivity index (χ1v) is 10.5. The summed E-state index contributed by atoms with van der Waals surface area (Å²) in [6, 6.07) is 18.6. The third kappa shape index (κ3) is 4.93. The lowest BCUT2D eigenvalue weighted by Crippen LogP contribution is -2.20. The number of nitrogens with one attached hydrogen (secondary N) is 1. The van der Waals surface area contributed by atoms with Gasteiger partial charge in [-0.25, -0.2) is 9.97 Å². The van der Waals surface area contributed by atoms with Gasteiger partial charge in [-0.15, -0.1) is 0 Å². The van der Waals surface area contributed by atoms with Gasteiger partial charge in [0.15, 0.2) is 6.61 Å². The molecule has 0 bridgehead atoms. The van der Waals surface area contributed by atoms with Gasteiger partial charge in [0.1, 0.15) is 26.9 Å². The molecule has 0 saturated carbocycles. The van der Waals surface area contributed by atoms with Gasteiger partial charge in [-0.05, 0) is 55.0 Å². The van der Waals surface area contributed by atoms with Crippen LogP contribution < -0.4 is 14.8 Å². The molecule has 0 fully saturated rings. The van der Waals surface area contributed by atoms with Crippen molar-refractivity contribution in [3.05, 3.63) is 66.9 Å². The molecule has 0 unspecified atom stereocenters. The van der Waals surface area contributed by atoms with Gasteiger partial charge in [0.05, 0.1) is 6.61 Å². The van der Waals surface area contributed by atoms with Gasteiger partial charge in [-0.1, -0.05) is 30.4 Å². The number of carbonyl (C=O) groups is 1. The standard InChI is InChI=1S/C23H21N3O3S/c1-2-13-28-18-8-10-19(11-9-18)29-15-21(27)25-17-6-3-5-16(14-17)22-26-20-7-4-12-24-23(20)30-22/h3-12,14H,2,13,15H2,1H3,(H,25,27). The number of ether oxygens (including phenoxy) is 2. The Labute approximate surface area is 178 Å². The zero-order valence-corrected chi connectivity index (χ0v) is 17.3. The van der Waals surface area contributed by atoms with E-state index in [-0.39, 0.29) is 12.5 Å². The summed E-state index contributed by atoms with van der Waals surface area (Å²) in [5, 5.41) is 3.73. The third-order valence-electron chi connectivity index (χ3n) is 4.23. The SMILES string of the molecule is CCCOc1ccc(OCC(=O)Nc2cccc(-c3nc4cccnc4s3)c2)cc1. The number of thiazole rings is 1. The zero-order valence-electron chi connectivity index (χ0n) is 16.5. The van der Waals surface area contributed by atoms with Crippen LogP contribution in [-0.4, -0.2) is 29.1 Å². The first-order valence-electron chi connectivity index (χ1n) is 9.69. The number of aromatic nitrogens is 2. The Hall–Kier alpha value is -3.45. The number of hydrogen-bond donors (Lipinski definition) is 1. The molecule has 0 aliphatic rings. The van der Waals surface area contributed by atoms with Crippen LogP contribution in [0.5, 0.6) is 11.5 Å². The van der Waals surface area contributed by atoms with Crippen LogP contribution in [0.3, 0.4) is 0 Å². The Morgan fingerprint density at radius 2 is 1.83 bits per heavy atom. The summed E-state index contributed by atoms with van der Waals surface area (Å²) in [6.07, 6.45) is 2.71. The number of fused-ring (bicyclic) bond motifs is 1. The molecule has 7 heteroatoms. The van der Waals surface area contributed by atoms with Crippen molar-refractivity contribution in [2.75, 3.05) is 18.5 Å². The molecular formula is C23H21N3O3S. The molecule has 6 nitrogen and oxygen atoms in total. The van der Waals surface area contributed by atoms with E-state index in [0.717, 1.165) is 33.1 Å². The van der Waals surface area contributed by atoms with Crippen molar-refractivity contribution in [3.63, 3.8) is 0 Å². The van der Waals surface area contributed by atoms with Gasteiger partial charge in [-0.2, -0.15) is 0 Å². The highest BCUT2D eigenvalue weighted by atomic mass is 32.1. The molecule has 0 saturated heterocycles. The number of nitrogens with zero attached hydrogens (tertiary/aromatic N) is 2. The number of carbonyl (C=O) groups excluding carboxylic acids is 1. The summed E-state index contributed by atoms with van der Waals surface area (Å²) < 4.78 is 11.1. The molecule has 2 heterocycles. The minimum absolute atomic E-state index is 0.0789. The predicted octanol–water partition coefficient (Wildman–Crippen LogP) is 5.16. The van der Waals surface area contributed by atoms with Crippen molar-refractivity contribution in [3.8, 4) is 22.1 Å². The van der Waals surface area contributed by atoms with Gasteiger partial charge in [0.25, 0.3) is 5.91 Å². The summed E-state index contributed by atoms with van der Waals surface area (Å²) >= 11 is 1.52. The Bertz CT molecular complexity index is 1110. The van der Waals surface area contributed by atoms with Crippen LogP contribution in [-0.2, 0) is 4.79 Å². The Balaban J connectivity index is 1.36. The Morgan fingerprint density at radius 1 is 1.03 bits per heavy atom. The van der Waals surface area contributed by atoms with Gasteiger partial charge in [0.2, 0.25) is 0 Å². The van der Waals surface area contributed by atoms with E-state index in [0.29, 0.717) is 18.0 Å². The molecule has 4 rings (SSSR count). The smallest absolute Gasteiger partial charge is 0.262 e. The summed E-state index contributed by atoms with van der Waals surface area (Å²) in [7, 11) is 0. The van der Waals surface area contributed by atoms with Crippen molar-refractivity contribution in [1.82, 2.24) is 9.97 Å². The maximum atomic E-state index is 12.3. The summed E-state index contributed by atoms with van der Waals surface area (Å²) in [6.45, 7) is 2.65. The maximum Gasteiger partial charge on any atom is 0.262 e. The number of anilines is 1. The first-order chi connectivity index (χ1) is 14.7. The average Bonchev–Trinajstić information content (AvgIpc) is 3.22. The summed E-state index contributed by atoms with van der Waals surface area (Å²) in [4.78, 5) is 22.1. The molecular weight excluding hydrogens is 398 g/mol. The number of hydrogen-bond acceptors (Lipinski definition) is 6. The molecule has 0 aliphatic carbocycles. The Morgan fingerprint density at radius 3 is 2.60 bits per heavy atom. The highest BCUT2D eigenvalue weighted by molar-refractivity contribution is 7.21. The van der Waals surface area contributed by atoms with Crippen LogP contribution in [0.4, 0.5) is 5.69 Å². The molecule has 0 aliphatic heterocycles. The fraction of sp³-hybridized carbons (Fsp3) is 0.174. The molecule has 1 amide bonds. The Kier molecular flexibility index (Phi) is 6.20. The van der Waals surface area contributed by atoms with Gasteiger partial charge in [-0.3, -0.25) is 4.79 Å². The van der Waals surface area contributed by atoms with Crippen molar-refractivity contribution in [2.24, 2.45) is 0 Å². The average molecular weight is 420 g/mol. The highest BCUT2D eigenvalue weighted by Gasteiger charge is 2.09.